The molecule has 0 aliphatic rings. The summed E-state index contributed by atoms with van der Waals surface area (Å²) in [6.45, 7) is 7.59. The minimum absolute atomic E-state index is 0.324. The Hall–Kier alpha value is -1.82. The molecule has 1 aromatic heterocycles. The summed E-state index contributed by atoms with van der Waals surface area (Å²) in [6, 6.07) is 3.68. The van der Waals surface area contributed by atoms with E-state index < -0.39 is 6.09 Å². The number of nitrogens with one attached hydrogen (secondary N) is 1. The topological polar surface area (TPSA) is 77.2 Å². The second-order valence-electron chi connectivity index (χ2n) is 5.43. The van der Waals surface area contributed by atoms with Crippen molar-refractivity contribution >= 4 is 33.3 Å². The maximum atomic E-state index is 11.7. The molecule has 0 unspecified atom stereocenters. The van der Waals surface area contributed by atoms with Gasteiger partial charge in [0.25, 0.3) is 5.19 Å². The molecule has 1 heterocycles. The van der Waals surface area contributed by atoms with Crippen LogP contribution >= 0.6 is 11.3 Å². The summed E-state index contributed by atoms with van der Waals surface area (Å²) in [6.07, 6.45) is -0.503. The van der Waals surface area contributed by atoms with E-state index in [2.05, 4.69) is 10.3 Å². The molecule has 2 rings (SSSR count). The summed E-state index contributed by atoms with van der Waals surface area (Å²) in [4.78, 5) is 16.0. The molecule has 0 bridgehead atoms. The normalized spacial score (nSPS) is 11.6. The van der Waals surface area contributed by atoms with Crippen LogP contribution in [0.1, 0.15) is 26.3 Å². The van der Waals surface area contributed by atoms with E-state index in [-0.39, 0.29) is 5.54 Å². The Balaban J connectivity index is 2.23. The smallest absolute Gasteiger partial charge is 0.399 e. The molecule has 0 saturated carbocycles. The van der Waals surface area contributed by atoms with Gasteiger partial charge in [0.1, 0.15) is 0 Å². The minimum Gasteiger partial charge on any atom is -0.399 e. The molecule has 1 aromatic carbocycles. The molecule has 2 aromatic rings. The predicted molar refractivity (Wildman–Crippen MR) is 77.7 cm³/mol. The lowest BCUT2D eigenvalue weighted by Gasteiger charge is -2.18. The molecule has 19 heavy (non-hydrogen) atoms. The first kappa shape index (κ1) is 13.6. The van der Waals surface area contributed by atoms with Crippen LogP contribution in [0.25, 0.3) is 10.2 Å². The van der Waals surface area contributed by atoms with E-state index in [1.807, 2.05) is 39.8 Å². The van der Waals surface area contributed by atoms with Crippen molar-refractivity contribution in [2.24, 2.45) is 0 Å². The molecule has 6 heteroatoms. The Kier molecular flexibility index (Phi) is 3.36. The van der Waals surface area contributed by atoms with E-state index in [4.69, 9.17) is 10.5 Å². The van der Waals surface area contributed by atoms with Gasteiger partial charge in [-0.05, 0) is 45.4 Å². The summed E-state index contributed by atoms with van der Waals surface area (Å²) >= 11 is 1.31. The van der Waals surface area contributed by atoms with Gasteiger partial charge in [-0.1, -0.05) is 11.3 Å². The van der Waals surface area contributed by atoms with Gasteiger partial charge in [-0.25, -0.2) is 9.78 Å². The van der Waals surface area contributed by atoms with Crippen molar-refractivity contribution in [3.05, 3.63) is 17.7 Å². The van der Waals surface area contributed by atoms with Crippen molar-refractivity contribution in [3.63, 3.8) is 0 Å². The van der Waals surface area contributed by atoms with E-state index in [0.717, 1.165) is 15.8 Å². The van der Waals surface area contributed by atoms with Crippen LogP contribution in [0.5, 0.6) is 5.19 Å². The molecule has 5 nitrogen and oxygen atoms in total. The average Bonchev–Trinajstić information content (AvgIpc) is 2.56. The number of anilines is 1. The van der Waals surface area contributed by atoms with Gasteiger partial charge in [0, 0.05) is 11.2 Å². The number of fused-ring (bicyclic) bond motifs is 1. The van der Waals surface area contributed by atoms with Crippen LogP contribution in [0.2, 0.25) is 0 Å². The summed E-state index contributed by atoms with van der Waals surface area (Å²) in [7, 11) is 0. The summed E-state index contributed by atoms with van der Waals surface area (Å²) in [5, 5.41) is 3.04. The molecule has 0 radical (unpaired) electrons. The third-order valence-corrected chi connectivity index (χ3v) is 3.23. The summed E-state index contributed by atoms with van der Waals surface area (Å²) in [5.74, 6) is 0. The number of carbonyl (C=O) groups is 1. The molecule has 0 aliphatic heterocycles. The van der Waals surface area contributed by atoms with Crippen LogP contribution in [0, 0.1) is 6.92 Å². The number of nitrogen functional groups attached to an aromatic ring is 1. The Morgan fingerprint density at radius 1 is 1.42 bits per heavy atom. The number of aryl methyl sites for hydroxylation is 1. The Bertz CT molecular complexity index is 629. The first-order valence-corrected chi connectivity index (χ1v) is 6.73. The van der Waals surface area contributed by atoms with Gasteiger partial charge in [-0.3, -0.25) is 0 Å². The van der Waals surface area contributed by atoms with E-state index in [0.29, 0.717) is 10.9 Å². The van der Waals surface area contributed by atoms with E-state index in [9.17, 15) is 4.79 Å². The number of amides is 1. The van der Waals surface area contributed by atoms with Crippen molar-refractivity contribution < 1.29 is 9.53 Å². The van der Waals surface area contributed by atoms with Crippen LogP contribution in [0.3, 0.4) is 0 Å². The van der Waals surface area contributed by atoms with Gasteiger partial charge in [0.15, 0.2) is 0 Å². The quantitative estimate of drug-likeness (QED) is 0.786. The fourth-order valence-electron chi connectivity index (χ4n) is 1.66. The number of aromatic nitrogens is 1. The molecule has 1 amide bonds. The van der Waals surface area contributed by atoms with Crippen LogP contribution in [0.15, 0.2) is 12.1 Å². The number of hydrogen-bond donors (Lipinski definition) is 2. The minimum atomic E-state index is -0.503. The fourth-order valence-corrected chi connectivity index (χ4v) is 2.60. The zero-order valence-electron chi connectivity index (χ0n) is 11.4. The molecule has 0 spiro atoms. The highest BCUT2D eigenvalue weighted by molar-refractivity contribution is 7.20. The van der Waals surface area contributed by atoms with Crippen LogP contribution in [-0.2, 0) is 0 Å². The molecule has 0 aliphatic carbocycles. The molecule has 3 N–H and O–H groups in total. The van der Waals surface area contributed by atoms with Gasteiger partial charge in [0.05, 0.1) is 10.2 Å². The number of rotatable bonds is 1. The number of nitrogens with two attached hydrogens (primary N) is 1. The number of carbonyl (C=O) groups excluding carboxylic acids is 1. The van der Waals surface area contributed by atoms with Crippen molar-refractivity contribution in [1.82, 2.24) is 10.3 Å². The Morgan fingerprint density at radius 3 is 2.74 bits per heavy atom. The van der Waals surface area contributed by atoms with Crippen LogP contribution in [0.4, 0.5) is 10.5 Å². The lowest BCUT2D eigenvalue weighted by atomic mass is 10.1. The van der Waals surface area contributed by atoms with Crippen molar-refractivity contribution in [1.29, 1.82) is 0 Å². The number of ether oxygens (including phenoxy) is 1. The van der Waals surface area contributed by atoms with Crippen molar-refractivity contribution in [3.8, 4) is 5.19 Å². The van der Waals surface area contributed by atoms with Crippen LogP contribution in [-0.4, -0.2) is 16.6 Å². The van der Waals surface area contributed by atoms with Gasteiger partial charge >= 0.3 is 6.09 Å². The van der Waals surface area contributed by atoms with E-state index >= 15 is 0 Å². The lowest BCUT2D eigenvalue weighted by Crippen LogP contribution is -2.42. The highest BCUT2D eigenvalue weighted by Crippen LogP contribution is 2.31. The number of benzene rings is 1. The predicted octanol–water partition coefficient (Wildman–Crippen LogP) is 3.07. The third-order valence-electron chi connectivity index (χ3n) is 2.35. The fraction of sp³-hybridized carbons (Fsp3) is 0.385. The molecule has 102 valence electrons. The van der Waals surface area contributed by atoms with Gasteiger partial charge in [-0.15, -0.1) is 0 Å². The van der Waals surface area contributed by atoms with Crippen LogP contribution < -0.4 is 15.8 Å². The van der Waals surface area contributed by atoms with Gasteiger partial charge in [-0.2, -0.15) is 0 Å². The molecular weight excluding hydrogens is 262 g/mol. The van der Waals surface area contributed by atoms with Crippen molar-refractivity contribution in [2.45, 2.75) is 33.2 Å². The molecule has 0 saturated heterocycles. The monoisotopic (exact) mass is 279 g/mol. The first-order valence-electron chi connectivity index (χ1n) is 5.91. The number of hydrogen-bond acceptors (Lipinski definition) is 5. The molecular formula is C13H17N3O2S. The zero-order chi connectivity index (χ0) is 14.2. The SMILES string of the molecule is Cc1cc(N)cc2sc(OC(=O)NC(C)(C)C)nc12. The second-order valence-corrected chi connectivity index (χ2v) is 6.42. The van der Waals surface area contributed by atoms with Gasteiger partial charge < -0.3 is 15.8 Å². The third kappa shape index (κ3) is 3.35. The summed E-state index contributed by atoms with van der Waals surface area (Å²) < 4.78 is 6.10. The first-order chi connectivity index (χ1) is 8.74. The maximum absolute atomic E-state index is 11.7. The highest BCUT2D eigenvalue weighted by Gasteiger charge is 2.17. The largest absolute Gasteiger partial charge is 0.414 e. The number of thiazole rings is 1. The molecule has 0 atom stereocenters. The van der Waals surface area contributed by atoms with Crippen molar-refractivity contribution in [2.75, 3.05) is 5.73 Å². The highest BCUT2D eigenvalue weighted by atomic mass is 32.1. The maximum Gasteiger partial charge on any atom is 0.414 e. The lowest BCUT2D eigenvalue weighted by molar-refractivity contribution is 0.190. The summed E-state index contributed by atoms with van der Waals surface area (Å²) in [5.41, 5.74) is 7.91. The Morgan fingerprint density at radius 2 is 2.11 bits per heavy atom. The molecule has 0 fully saturated rings. The van der Waals surface area contributed by atoms with Gasteiger partial charge in [0.2, 0.25) is 0 Å². The average molecular weight is 279 g/mol. The van der Waals surface area contributed by atoms with E-state index in [1.54, 1.807) is 0 Å². The van der Waals surface area contributed by atoms with E-state index in [1.165, 1.54) is 11.3 Å². The Labute approximate surface area is 115 Å². The second kappa shape index (κ2) is 4.70. The zero-order valence-corrected chi connectivity index (χ0v) is 12.2. The standard InChI is InChI=1S/C13H17N3O2S/c1-7-5-8(14)6-9-10(7)15-12(19-9)18-11(17)16-13(2,3)4/h5-6H,14H2,1-4H3,(H,16,17). The number of nitrogens with zero attached hydrogens (tertiary/aromatic N) is 1.